The number of sulfone groups is 1. The molecule has 1 heterocycles. The molecule has 30 heavy (non-hydrogen) atoms. The van der Waals surface area contributed by atoms with Gasteiger partial charge in [0.25, 0.3) is 0 Å². The van der Waals surface area contributed by atoms with Crippen LogP contribution in [0.3, 0.4) is 0 Å². The zero-order valence-electron chi connectivity index (χ0n) is 18.1. The number of ether oxygens (including phenoxy) is 2. The molecular formula is C22H37N3O4S. The summed E-state index contributed by atoms with van der Waals surface area (Å²) in [6, 6.07) is 9.30. The van der Waals surface area contributed by atoms with Gasteiger partial charge in [-0.05, 0) is 44.1 Å². The van der Waals surface area contributed by atoms with Crippen LogP contribution in [0.2, 0.25) is 0 Å². The molecule has 0 spiro atoms. The summed E-state index contributed by atoms with van der Waals surface area (Å²) in [6.07, 6.45) is 3.60. The maximum absolute atomic E-state index is 12.3. The van der Waals surface area contributed by atoms with E-state index in [9.17, 15) is 8.42 Å². The first-order chi connectivity index (χ1) is 14.6. The van der Waals surface area contributed by atoms with Crippen molar-refractivity contribution in [2.45, 2.75) is 38.4 Å². The highest BCUT2D eigenvalue weighted by Crippen LogP contribution is 2.14. The number of nitrogens with zero attached hydrogens (tertiary/aromatic N) is 1. The van der Waals surface area contributed by atoms with Crippen molar-refractivity contribution < 1.29 is 17.9 Å². The lowest BCUT2D eigenvalue weighted by molar-refractivity contribution is 0.0203. The first-order valence-electron chi connectivity index (χ1n) is 11.0. The van der Waals surface area contributed by atoms with Gasteiger partial charge in [0.2, 0.25) is 0 Å². The van der Waals surface area contributed by atoms with E-state index >= 15 is 0 Å². The minimum absolute atomic E-state index is 0.0871. The lowest BCUT2D eigenvalue weighted by Gasteiger charge is -2.21. The maximum atomic E-state index is 12.3. The average Bonchev–Trinajstić information content (AvgIpc) is 2.74. The van der Waals surface area contributed by atoms with E-state index in [4.69, 9.17) is 9.47 Å². The third kappa shape index (κ3) is 10.9. The Hall–Kier alpha value is -1.64. The maximum Gasteiger partial charge on any atom is 0.191 e. The van der Waals surface area contributed by atoms with E-state index in [1.165, 1.54) is 0 Å². The second-order valence-electron chi connectivity index (χ2n) is 7.60. The topological polar surface area (TPSA) is 89.0 Å². The molecule has 0 saturated carbocycles. The molecule has 0 atom stereocenters. The zero-order valence-corrected chi connectivity index (χ0v) is 19.0. The first kappa shape index (κ1) is 24.6. The molecule has 170 valence electrons. The summed E-state index contributed by atoms with van der Waals surface area (Å²) in [6.45, 7) is 7.26. The predicted octanol–water partition coefficient (Wildman–Crippen LogP) is 2.38. The summed E-state index contributed by atoms with van der Waals surface area (Å²) in [5, 5.41) is 6.48. The van der Waals surface area contributed by atoms with Gasteiger partial charge in [-0.25, -0.2) is 8.42 Å². The molecule has 0 unspecified atom stereocenters. The van der Waals surface area contributed by atoms with Crippen molar-refractivity contribution in [2.24, 2.45) is 10.9 Å². The molecule has 1 aliphatic rings. The Balaban J connectivity index is 1.59. The van der Waals surface area contributed by atoms with Gasteiger partial charge in [0.15, 0.2) is 15.8 Å². The molecule has 0 radical (unpaired) electrons. The summed E-state index contributed by atoms with van der Waals surface area (Å²) < 4.78 is 35.7. The molecule has 7 nitrogen and oxygen atoms in total. The molecule has 2 rings (SSSR count). The predicted molar refractivity (Wildman–Crippen MR) is 122 cm³/mol. The Morgan fingerprint density at radius 3 is 2.67 bits per heavy atom. The molecule has 1 aromatic carbocycles. The van der Waals surface area contributed by atoms with Crippen LogP contribution in [0, 0.1) is 5.92 Å². The van der Waals surface area contributed by atoms with Gasteiger partial charge in [-0.2, -0.15) is 0 Å². The highest BCUT2D eigenvalue weighted by molar-refractivity contribution is 7.90. The Morgan fingerprint density at radius 1 is 1.17 bits per heavy atom. The number of guanidine groups is 1. The number of rotatable bonds is 13. The number of aliphatic imine (C=N–C) groups is 1. The number of nitrogens with one attached hydrogen (secondary N) is 2. The summed E-state index contributed by atoms with van der Waals surface area (Å²) >= 11 is 0. The van der Waals surface area contributed by atoms with Crippen LogP contribution in [0.15, 0.2) is 35.3 Å². The molecule has 8 heteroatoms. The number of hydrogen-bond acceptors (Lipinski definition) is 5. The van der Waals surface area contributed by atoms with E-state index in [0.29, 0.717) is 18.9 Å². The van der Waals surface area contributed by atoms with Gasteiger partial charge in [-0.15, -0.1) is 0 Å². The fourth-order valence-electron chi connectivity index (χ4n) is 3.26. The molecule has 0 aliphatic carbocycles. The van der Waals surface area contributed by atoms with Crippen molar-refractivity contribution in [1.82, 2.24) is 10.6 Å². The molecule has 1 aliphatic heterocycles. The van der Waals surface area contributed by atoms with Crippen molar-refractivity contribution >= 4 is 15.8 Å². The molecule has 0 aromatic heterocycles. The standard InChI is InChI=1S/C22H37N3O4S/c1-2-23-22(24-12-6-14-29-18-20-10-15-28-16-11-20)25-13-7-17-30(26,27)19-21-8-4-3-5-9-21/h3-5,8-9,20H,2,6-7,10-19H2,1H3,(H2,23,24,25). The number of hydrogen-bond donors (Lipinski definition) is 2. The quantitative estimate of drug-likeness (QED) is 0.279. The highest BCUT2D eigenvalue weighted by atomic mass is 32.2. The van der Waals surface area contributed by atoms with Crippen LogP contribution in [0.25, 0.3) is 0 Å². The van der Waals surface area contributed by atoms with E-state index in [2.05, 4.69) is 15.6 Å². The van der Waals surface area contributed by atoms with Crippen molar-refractivity contribution in [3.8, 4) is 0 Å². The Labute approximate surface area is 181 Å². The second kappa shape index (κ2) is 14.4. The minimum atomic E-state index is -3.12. The van der Waals surface area contributed by atoms with E-state index in [-0.39, 0.29) is 11.5 Å². The first-order valence-corrected chi connectivity index (χ1v) is 12.8. The van der Waals surface area contributed by atoms with E-state index < -0.39 is 9.84 Å². The van der Waals surface area contributed by atoms with Gasteiger partial charge in [0.05, 0.1) is 11.5 Å². The third-order valence-corrected chi connectivity index (χ3v) is 6.59. The summed E-state index contributed by atoms with van der Waals surface area (Å²) in [5.41, 5.74) is 0.829. The SMILES string of the molecule is CCNC(=NCCCS(=O)(=O)Cc1ccccc1)NCCCOCC1CCOCC1. The van der Waals surface area contributed by atoms with Crippen molar-refractivity contribution in [3.05, 3.63) is 35.9 Å². The van der Waals surface area contributed by atoms with Crippen LogP contribution in [0.4, 0.5) is 0 Å². The molecule has 1 saturated heterocycles. The zero-order chi connectivity index (χ0) is 21.5. The normalized spacial score (nSPS) is 15.8. The second-order valence-corrected chi connectivity index (χ2v) is 9.79. The van der Waals surface area contributed by atoms with Gasteiger partial charge < -0.3 is 20.1 Å². The highest BCUT2D eigenvalue weighted by Gasteiger charge is 2.13. The van der Waals surface area contributed by atoms with Crippen LogP contribution in [-0.2, 0) is 25.1 Å². The van der Waals surface area contributed by atoms with E-state index in [0.717, 1.165) is 70.3 Å². The van der Waals surface area contributed by atoms with Crippen LogP contribution in [0.1, 0.15) is 38.2 Å². The fraction of sp³-hybridized carbons (Fsp3) is 0.682. The molecular weight excluding hydrogens is 402 g/mol. The van der Waals surface area contributed by atoms with Crippen molar-refractivity contribution in [2.75, 3.05) is 51.8 Å². The van der Waals surface area contributed by atoms with Gasteiger partial charge in [0.1, 0.15) is 0 Å². The summed E-state index contributed by atoms with van der Waals surface area (Å²) in [7, 11) is -3.12. The Morgan fingerprint density at radius 2 is 1.93 bits per heavy atom. The van der Waals surface area contributed by atoms with E-state index in [1.807, 2.05) is 37.3 Å². The summed E-state index contributed by atoms with van der Waals surface area (Å²) in [5.74, 6) is 1.58. The monoisotopic (exact) mass is 439 g/mol. The van der Waals surface area contributed by atoms with Crippen LogP contribution < -0.4 is 10.6 Å². The number of benzene rings is 1. The molecule has 1 fully saturated rings. The summed E-state index contributed by atoms with van der Waals surface area (Å²) in [4.78, 5) is 4.49. The molecule has 1 aromatic rings. The van der Waals surface area contributed by atoms with Gasteiger partial charge in [-0.3, -0.25) is 4.99 Å². The van der Waals surface area contributed by atoms with Crippen molar-refractivity contribution in [1.29, 1.82) is 0 Å². The lowest BCUT2D eigenvalue weighted by Crippen LogP contribution is -2.38. The largest absolute Gasteiger partial charge is 0.381 e. The molecule has 0 amide bonds. The van der Waals surface area contributed by atoms with Gasteiger partial charge in [0, 0.05) is 46.1 Å². The van der Waals surface area contributed by atoms with Gasteiger partial charge >= 0.3 is 0 Å². The smallest absolute Gasteiger partial charge is 0.191 e. The minimum Gasteiger partial charge on any atom is -0.381 e. The molecule has 0 bridgehead atoms. The lowest BCUT2D eigenvalue weighted by atomic mass is 10.0. The molecule has 2 N–H and O–H groups in total. The third-order valence-electron chi connectivity index (χ3n) is 4.91. The van der Waals surface area contributed by atoms with Crippen molar-refractivity contribution in [3.63, 3.8) is 0 Å². The van der Waals surface area contributed by atoms with Crippen LogP contribution >= 0.6 is 0 Å². The van der Waals surface area contributed by atoms with Crippen LogP contribution in [0.5, 0.6) is 0 Å². The average molecular weight is 440 g/mol. The fourth-order valence-corrected chi connectivity index (χ4v) is 4.68. The van der Waals surface area contributed by atoms with Crippen LogP contribution in [-0.4, -0.2) is 66.2 Å². The van der Waals surface area contributed by atoms with Gasteiger partial charge in [-0.1, -0.05) is 30.3 Å². The Kier molecular flexibility index (Phi) is 11.8. The Bertz CT molecular complexity index is 704. The van der Waals surface area contributed by atoms with E-state index in [1.54, 1.807) is 0 Å².